The van der Waals surface area contributed by atoms with E-state index < -0.39 is 11.7 Å². The van der Waals surface area contributed by atoms with Gasteiger partial charge in [0.2, 0.25) is 5.82 Å². The Morgan fingerprint density at radius 1 is 1.40 bits per heavy atom. The molecule has 0 bridgehead atoms. The van der Waals surface area contributed by atoms with E-state index in [0.29, 0.717) is 10.3 Å². The number of benzene rings is 1. The van der Waals surface area contributed by atoms with Gasteiger partial charge in [-0.05, 0) is 18.2 Å². The highest BCUT2D eigenvalue weighted by Crippen LogP contribution is 2.20. The van der Waals surface area contributed by atoms with E-state index in [4.69, 9.17) is 0 Å². The molecule has 0 aliphatic heterocycles. The SMILES string of the molecule is CC(C)(C)c1nc(C(=O)Nc2ccc(Br)cc2F)n[nH]1. The Kier molecular flexibility index (Phi) is 3.89. The molecule has 1 heterocycles. The van der Waals surface area contributed by atoms with E-state index >= 15 is 0 Å². The maximum absolute atomic E-state index is 13.6. The van der Waals surface area contributed by atoms with E-state index in [-0.39, 0.29) is 16.9 Å². The molecule has 20 heavy (non-hydrogen) atoms. The molecule has 0 saturated heterocycles. The molecule has 1 aromatic carbocycles. The molecule has 0 fully saturated rings. The first-order valence-electron chi connectivity index (χ1n) is 5.96. The van der Waals surface area contributed by atoms with Gasteiger partial charge in [-0.2, -0.15) is 0 Å². The second-order valence-corrected chi connectivity index (χ2v) is 6.25. The van der Waals surface area contributed by atoms with Crippen LogP contribution in [-0.4, -0.2) is 21.1 Å². The van der Waals surface area contributed by atoms with Gasteiger partial charge < -0.3 is 5.32 Å². The zero-order valence-electron chi connectivity index (χ0n) is 11.3. The Balaban J connectivity index is 2.18. The van der Waals surface area contributed by atoms with Gasteiger partial charge in [-0.25, -0.2) is 9.37 Å². The number of rotatable bonds is 2. The maximum atomic E-state index is 13.6. The van der Waals surface area contributed by atoms with Crippen molar-refractivity contribution in [2.45, 2.75) is 26.2 Å². The van der Waals surface area contributed by atoms with Gasteiger partial charge in [-0.1, -0.05) is 36.7 Å². The number of nitrogens with zero attached hydrogens (tertiary/aromatic N) is 2. The van der Waals surface area contributed by atoms with E-state index in [2.05, 4.69) is 36.4 Å². The third kappa shape index (κ3) is 3.22. The first kappa shape index (κ1) is 14.6. The first-order chi connectivity index (χ1) is 9.27. The first-order valence-corrected chi connectivity index (χ1v) is 6.76. The van der Waals surface area contributed by atoms with E-state index in [9.17, 15) is 9.18 Å². The van der Waals surface area contributed by atoms with Crippen molar-refractivity contribution in [3.05, 3.63) is 40.1 Å². The third-order valence-electron chi connectivity index (χ3n) is 2.58. The number of carbonyl (C=O) groups is 1. The summed E-state index contributed by atoms with van der Waals surface area (Å²) >= 11 is 3.15. The van der Waals surface area contributed by atoms with Crippen LogP contribution in [0.5, 0.6) is 0 Å². The van der Waals surface area contributed by atoms with Crippen molar-refractivity contribution in [1.29, 1.82) is 0 Å². The van der Waals surface area contributed by atoms with Crippen molar-refractivity contribution in [1.82, 2.24) is 15.2 Å². The Morgan fingerprint density at radius 2 is 2.10 bits per heavy atom. The van der Waals surface area contributed by atoms with Crippen molar-refractivity contribution in [2.75, 3.05) is 5.32 Å². The molecule has 7 heteroatoms. The van der Waals surface area contributed by atoms with E-state index in [1.54, 1.807) is 6.07 Å². The van der Waals surface area contributed by atoms with Crippen molar-refractivity contribution >= 4 is 27.5 Å². The lowest BCUT2D eigenvalue weighted by Crippen LogP contribution is -2.16. The molecule has 2 aromatic rings. The second kappa shape index (κ2) is 5.32. The molecular weight excluding hydrogens is 327 g/mol. The van der Waals surface area contributed by atoms with Crippen LogP contribution in [0.1, 0.15) is 37.2 Å². The topological polar surface area (TPSA) is 70.7 Å². The number of amides is 1. The fourth-order valence-electron chi connectivity index (χ4n) is 1.47. The Morgan fingerprint density at radius 3 is 2.65 bits per heavy atom. The van der Waals surface area contributed by atoms with Gasteiger partial charge in [0.15, 0.2) is 0 Å². The summed E-state index contributed by atoms with van der Waals surface area (Å²) in [6, 6.07) is 4.38. The fraction of sp³-hybridized carbons (Fsp3) is 0.308. The normalized spacial score (nSPS) is 11.4. The average Bonchev–Trinajstić information content (AvgIpc) is 2.82. The van der Waals surface area contributed by atoms with Crippen molar-refractivity contribution < 1.29 is 9.18 Å². The molecule has 1 amide bonds. The van der Waals surface area contributed by atoms with E-state index in [1.165, 1.54) is 12.1 Å². The molecule has 0 saturated carbocycles. The minimum atomic E-state index is -0.557. The van der Waals surface area contributed by atoms with Crippen molar-refractivity contribution in [3.8, 4) is 0 Å². The predicted molar refractivity (Wildman–Crippen MR) is 77.1 cm³/mol. The molecule has 0 unspecified atom stereocenters. The number of nitrogens with one attached hydrogen (secondary N) is 2. The molecular formula is C13H14BrFN4O. The smallest absolute Gasteiger partial charge is 0.295 e. The standard InChI is InChI=1S/C13H14BrFN4O/c1-13(2,3)12-17-10(18-19-12)11(20)16-9-5-4-7(14)6-8(9)15/h4-6H,1-3H3,(H,16,20)(H,17,18,19). The number of aromatic nitrogens is 3. The van der Waals surface area contributed by atoms with Gasteiger partial charge >= 0.3 is 0 Å². The van der Waals surface area contributed by atoms with Gasteiger partial charge in [0, 0.05) is 9.89 Å². The number of hydrogen-bond acceptors (Lipinski definition) is 3. The van der Waals surface area contributed by atoms with Crippen LogP contribution >= 0.6 is 15.9 Å². The zero-order valence-corrected chi connectivity index (χ0v) is 12.9. The highest BCUT2D eigenvalue weighted by atomic mass is 79.9. The van der Waals surface area contributed by atoms with Gasteiger partial charge in [0.25, 0.3) is 5.91 Å². The van der Waals surface area contributed by atoms with Crippen molar-refractivity contribution in [2.24, 2.45) is 0 Å². The van der Waals surface area contributed by atoms with Gasteiger partial charge in [-0.3, -0.25) is 9.89 Å². The summed E-state index contributed by atoms with van der Waals surface area (Å²) < 4.78 is 14.2. The third-order valence-corrected chi connectivity index (χ3v) is 3.07. The summed E-state index contributed by atoms with van der Waals surface area (Å²) in [6.07, 6.45) is 0. The fourth-order valence-corrected chi connectivity index (χ4v) is 1.80. The lowest BCUT2D eigenvalue weighted by Gasteiger charge is -2.12. The van der Waals surface area contributed by atoms with Crippen LogP contribution in [0.3, 0.4) is 0 Å². The molecule has 0 atom stereocenters. The van der Waals surface area contributed by atoms with E-state index in [0.717, 1.165) is 0 Å². The van der Waals surface area contributed by atoms with Crippen LogP contribution in [0.15, 0.2) is 22.7 Å². The number of H-pyrrole nitrogens is 1. The summed E-state index contributed by atoms with van der Waals surface area (Å²) in [7, 11) is 0. The number of anilines is 1. The average molecular weight is 341 g/mol. The molecule has 2 rings (SSSR count). The maximum Gasteiger partial charge on any atom is 0.295 e. The van der Waals surface area contributed by atoms with Crippen LogP contribution in [0.25, 0.3) is 0 Å². The Bertz CT molecular complexity index is 648. The number of hydrogen-bond donors (Lipinski definition) is 2. The molecule has 1 aromatic heterocycles. The van der Waals surface area contributed by atoms with Crippen LogP contribution < -0.4 is 5.32 Å². The van der Waals surface area contributed by atoms with Crippen LogP contribution in [0.2, 0.25) is 0 Å². The summed E-state index contributed by atoms with van der Waals surface area (Å²) in [4.78, 5) is 16.1. The molecule has 0 spiro atoms. The van der Waals surface area contributed by atoms with Gasteiger partial charge in [0.1, 0.15) is 11.6 Å². The largest absolute Gasteiger partial charge is 0.317 e. The van der Waals surface area contributed by atoms with Crippen LogP contribution in [0.4, 0.5) is 10.1 Å². The zero-order chi connectivity index (χ0) is 14.9. The minimum Gasteiger partial charge on any atom is -0.317 e. The molecule has 0 aliphatic carbocycles. The van der Waals surface area contributed by atoms with Crippen LogP contribution in [-0.2, 0) is 5.41 Å². The summed E-state index contributed by atoms with van der Waals surface area (Å²) in [6.45, 7) is 5.84. The van der Waals surface area contributed by atoms with Crippen LogP contribution in [0, 0.1) is 5.82 Å². The monoisotopic (exact) mass is 340 g/mol. The number of halogens is 2. The lowest BCUT2D eigenvalue weighted by molar-refractivity contribution is 0.101. The predicted octanol–water partition coefficient (Wildman–Crippen LogP) is 3.26. The molecule has 106 valence electrons. The Labute approximate surface area is 124 Å². The molecule has 0 aliphatic rings. The minimum absolute atomic E-state index is 0.0164. The second-order valence-electron chi connectivity index (χ2n) is 5.34. The molecule has 5 nitrogen and oxygen atoms in total. The quantitative estimate of drug-likeness (QED) is 0.881. The highest BCUT2D eigenvalue weighted by Gasteiger charge is 2.21. The summed E-state index contributed by atoms with van der Waals surface area (Å²) in [5.74, 6) is -0.506. The highest BCUT2D eigenvalue weighted by molar-refractivity contribution is 9.10. The summed E-state index contributed by atoms with van der Waals surface area (Å²) in [5, 5.41) is 9.00. The van der Waals surface area contributed by atoms with Crippen molar-refractivity contribution in [3.63, 3.8) is 0 Å². The summed E-state index contributed by atoms with van der Waals surface area (Å²) in [5.41, 5.74) is -0.158. The molecule has 2 N–H and O–H groups in total. The number of carbonyl (C=O) groups excluding carboxylic acids is 1. The van der Waals surface area contributed by atoms with E-state index in [1.807, 2.05) is 20.8 Å². The van der Waals surface area contributed by atoms with Gasteiger partial charge in [0.05, 0.1) is 5.69 Å². The lowest BCUT2D eigenvalue weighted by atomic mass is 9.96. The Hall–Kier alpha value is -1.76. The van der Waals surface area contributed by atoms with Gasteiger partial charge in [-0.15, -0.1) is 5.10 Å². The molecule has 0 radical (unpaired) electrons. The number of aromatic amines is 1.